The number of nitrogens with one attached hydrogen (secondary N) is 1. The Hall–Kier alpha value is -2.34. The van der Waals surface area contributed by atoms with Crippen molar-refractivity contribution in [2.45, 2.75) is 97.6 Å². The fraction of sp³-hybridized carbons (Fsp3) is 0.630. The van der Waals surface area contributed by atoms with Crippen LogP contribution >= 0.6 is 0 Å². The quantitative estimate of drug-likeness (QED) is 0.504. The highest BCUT2D eigenvalue weighted by Crippen LogP contribution is 2.37. The van der Waals surface area contributed by atoms with Crippen LogP contribution in [0, 0.1) is 12.8 Å². The number of methoxy groups -OCH3 is 1. The lowest BCUT2D eigenvalue weighted by atomic mass is 9.81. The predicted octanol–water partition coefficient (Wildman–Crippen LogP) is 5.39. The Morgan fingerprint density at radius 3 is 2.39 bits per heavy atom. The van der Waals surface area contributed by atoms with Gasteiger partial charge in [0.1, 0.15) is 5.60 Å². The Morgan fingerprint density at radius 2 is 1.88 bits per heavy atom. The minimum Gasteiger partial charge on any atom is -0.444 e. The molecule has 0 bridgehead atoms. The molecule has 2 rings (SSSR count). The van der Waals surface area contributed by atoms with Crippen molar-refractivity contribution in [1.29, 1.82) is 0 Å². The molecule has 4 atom stereocenters. The Morgan fingerprint density at radius 1 is 1.24 bits per heavy atom. The molecule has 33 heavy (non-hydrogen) atoms. The number of amides is 2. The summed E-state index contributed by atoms with van der Waals surface area (Å²) in [6.45, 7) is 14.1. The molecule has 184 valence electrons. The van der Waals surface area contributed by atoms with Crippen LogP contribution in [0.15, 0.2) is 36.4 Å². The van der Waals surface area contributed by atoms with Gasteiger partial charge < -0.3 is 19.7 Å². The number of carbonyl (C=O) groups excluding carboxylic acids is 2. The van der Waals surface area contributed by atoms with Gasteiger partial charge >= 0.3 is 6.09 Å². The van der Waals surface area contributed by atoms with E-state index in [1.54, 1.807) is 7.11 Å². The monoisotopic (exact) mass is 458 g/mol. The van der Waals surface area contributed by atoms with Gasteiger partial charge in [-0.2, -0.15) is 0 Å². The van der Waals surface area contributed by atoms with Crippen molar-refractivity contribution in [2.75, 3.05) is 7.11 Å². The molecule has 2 amide bonds. The first kappa shape index (κ1) is 26.9. The zero-order valence-electron chi connectivity index (χ0n) is 21.6. The lowest BCUT2D eigenvalue weighted by Crippen LogP contribution is -2.63. The van der Waals surface area contributed by atoms with Crippen LogP contribution in [0.4, 0.5) is 4.79 Å². The highest BCUT2D eigenvalue weighted by molar-refractivity contribution is 5.80. The van der Waals surface area contributed by atoms with Gasteiger partial charge in [-0.1, -0.05) is 55.3 Å². The second kappa shape index (κ2) is 11.2. The van der Waals surface area contributed by atoms with Crippen molar-refractivity contribution in [3.8, 4) is 0 Å². The summed E-state index contributed by atoms with van der Waals surface area (Å²) in [4.78, 5) is 28.1. The SMILES string of the molecule is C/C=C\[C@@H]1CC(=O)N(Cc2ccc(C)cc2)[C@H]1[C@@H](NC(=O)OC(C)(C)C)[C@](C)(CCC)OC. The molecule has 1 fully saturated rings. The lowest BCUT2D eigenvalue weighted by molar-refractivity contribution is -0.131. The first-order valence-corrected chi connectivity index (χ1v) is 12.0. The Balaban J connectivity index is 2.50. The van der Waals surface area contributed by atoms with Crippen molar-refractivity contribution < 1.29 is 19.1 Å². The average molecular weight is 459 g/mol. The Labute approximate surface area is 199 Å². The number of allylic oxidation sites excluding steroid dienone is 1. The van der Waals surface area contributed by atoms with Crippen molar-refractivity contribution in [1.82, 2.24) is 10.2 Å². The van der Waals surface area contributed by atoms with Crippen molar-refractivity contribution in [3.05, 3.63) is 47.5 Å². The van der Waals surface area contributed by atoms with Crippen LogP contribution in [-0.2, 0) is 20.8 Å². The van der Waals surface area contributed by atoms with E-state index in [9.17, 15) is 9.59 Å². The largest absolute Gasteiger partial charge is 0.444 e. The van der Waals surface area contributed by atoms with E-state index < -0.39 is 23.3 Å². The van der Waals surface area contributed by atoms with Crippen LogP contribution in [0.2, 0.25) is 0 Å². The first-order chi connectivity index (χ1) is 15.4. The molecule has 1 heterocycles. The van der Waals surface area contributed by atoms with Crippen LogP contribution < -0.4 is 5.32 Å². The van der Waals surface area contributed by atoms with E-state index in [0.717, 1.165) is 18.4 Å². The number of alkyl carbamates (subject to hydrolysis) is 1. The van der Waals surface area contributed by atoms with E-state index in [4.69, 9.17) is 9.47 Å². The molecule has 0 radical (unpaired) electrons. The molecule has 1 N–H and O–H groups in total. The summed E-state index contributed by atoms with van der Waals surface area (Å²) in [5.74, 6) is 0.0360. The van der Waals surface area contributed by atoms with Gasteiger partial charge in [0, 0.05) is 26.0 Å². The van der Waals surface area contributed by atoms with Crippen LogP contribution in [-0.4, -0.2) is 47.3 Å². The molecule has 1 saturated heterocycles. The third-order valence-corrected chi connectivity index (χ3v) is 6.33. The maximum Gasteiger partial charge on any atom is 0.408 e. The molecule has 6 nitrogen and oxygen atoms in total. The summed E-state index contributed by atoms with van der Waals surface area (Å²) in [7, 11) is 1.67. The fourth-order valence-corrected chi connectivity index (χ4v) is 4.69. The maximum absolute atomic E-state index is 13.2. The fourth-order valence-electron chi connectivity index (χ4n) is 4.69. The van der Waals surface area contributed by atoms with Crippen LogP contribution in [0.1, 0.15) is 71.9 Å². The van der Waals surface area contributed by atoms with Gasteiger partial charge in [-0.15, -0.1) is 0 Å². The summed E-state index contributed by atoms with van der Waals surface area (Å²) < 4.78 is 11.6. The van der Waals surface area contributed by atoms with Gasteiger partial charge in [0.05, 0.1) is 17.7 Å². The standard InChI is InChI=1S/C27H42N2O4/c1-9-11-21-17-22(30)29(18-20-14-12-19(3)13-15-20)23(21)24(27(7,32-8)16-10-2)28-25(31)33-26(4,5)6/h9,11-15,21,23-24H,10,16-18H2,1-8H3,(H,28,31)/b11-9-/t21-,23-,24-,27+/m1/s1. The second-order valence-electron chi connectivity index (χ2n) is 10.3. The molecule has 0 spiro atoms. The maximum atomic E-state index is 13.2. The van der Waals surface area contributed by atoms with E-state index in [2.05, 4.69) is 42.6 Å². The molecule has 1 aromatic carbocycles. The zero-order chi connectivity index (χ0) is 24.8. The van der Waals surface area contributed by atoms with Crippen molar-refractivity contribution >= 4 is 12.0 Å². The Bertz CT molecular complexity index is 828. The van der Waals surface area contributed by atoms with Crippen molar-refractivity contribution in [2.24, 2.45) is 5.92 Å². The van der Waals surface area contributed by atoms with E-state index in [0.29, 0.717) is 13.0 Å². The molecular formula is C27H42N2O4. The number of nitrogens with zero attached hydrogens (tertiary/aromatic N) is 1. The highest BCUT2D eigenvalue weighted by atomic mass is 16.6. The molecule has 1 aromatic rings. The number of rotatable bonds is 9. The van der Waals surface area contributed by atoms with Gasteiger partial charge in [0.2, 0.25) is 5.91 Å². The summed E-state index contributed by atoms with van der Waals surface area (Å²) in [5.41, 5.74) is 0.935. The summed E-state index contributed by atoms with van der Waals surface area (Å²) in [6.07, 6.45) is 5.57. The Kier molecular flexibility index (Phi) is 9.12. The third-order valence-electron chi connectivity index (χ3n) is 6.33. The topological polar surface area (TPSA) is 67.9 Å². The lowest BCUT2D eigenvalue weighted by Gasteiger charge is -2.44. The third kappa shape index (κ3) is 7.07. The molecule has 1 aliphatic heterocycles. The minimum absolute atomic E-state index is 0.0424. The predicted molar refractivity (Wildman–Crippen MR) is 132 cm³/mol. The van der Waals surface area contributed by atoms with Gasteiger partial charge in [-0.3, -0.25) is 4.79 Å². The van der Waals surface area contributed by atoms with Gasteiger partial charge in [-0.25, -0.2) is 4.79 Å². The van der Waals surface area contributed by atoms with Gasteiger partial charge in [0.25, 0.3) is 0 Å². The number of hydrogen-bond acceptors (Lipinski definition) is 4. The van der Waals surface area contributed by atoms with Gasteiger partial charge in [-0.05, 0) is 53.5 Å². The average Bonchev–Trinajstić information content (AvgIpc) is 3.01. The van der Waals surface area contributed by atoms with Gasteiger partial charge in [0.15, 0.2) is 0 Å². The minimum atomic E-state index is -0.674. The van der Waals surface area contributed by atoms with E-state index in [1.807, 2.05) is 52.5 Å². The van der Waals surface area contributed by atoms with Crippen LogP contribution in [0.25, 0.3) is 0 Å². The highest BCUT2D eigenvalue weighted by Gasteiger charge is 2.50. The smallest absolute Gasteiger partial charge is 0.408 e. The molecule has 0 saturated carbocycles. The number of aryl methyl sites for hydroxylation is 1. The van der Waals surface area contributed by atoms with E-state index in [1.165, 1.54) is 5.56 Å². The molecule has 0 aromatic heterocycles. The van der Waals surface area contributed by atoms with Crippen LogP contribution in [0.3, 0.4) is 0 Å². The van der Waals surface area contributed by atoms with Crippen molar-refractivity contribution in [3.63, 3.8) is 0 Å². The zero-order valence-corrected chi connectivity index (χ0v) is 21.6. The van der Waals surface area contributed by atoms with E-state index >= 15 is 0 Å². The molecular weight excluding hydrogens is 416 g/mol. The van der Waals surface area contributed by atoms with Crippen LogP contribution in [0.5, 0.6) is 0 Å². The number of hydrogen-bond donors (Lipinski definition) is 1. The molecule has 0 unspecified atom stereocenters. The summed E-state index contributed by atoms with van der Waals surface area (Å²) >= 11 is 0. The summed E-state index contributed by atoms with van der Waals surface area (Å²) in [5, 5.41) is 3.11. The number of ether oxygens (including phenoxy) is 2. The second-order valence-corrected chi connectivity index (χ2v) is 10.3. The normalized spacial score (nSPS) is 21.8. The summed E-state index contributed by atoms with van der Waals surface area (Å²) in [6, 6.07) is 7.51. The number of likely N-dealkylation sites (tertiary alicyclic amines) is 1. The van der Waals surface area contributed by atoms with E-state index in [-0.39, 0.29) is 17.9 Å². The molecule has 1 aliphatic rings. The number of carbonyl (C=O) groups is 2. The number of benzene rings is 1. The molecule has 0 aliphatic carbocycles. The molecule has 6 heteroatoms. The first-order valence-electron chi connectivity index (χ1n) is 12.0.